The minimum Gasteiger partial charge on any atom is -0.497 e. The molecule has 1 heterocycles. The van der Waals surface area contributed by atoms with Crippen LogP contribution in [-0.4, -0.2) is 25.0 Å². The number of nitrogens with one attached hydrogen (secondary N) is 1. The predicted octanol–water partition coefficient (Wildman–Crippen LogP) is 3.63. The van der Waals surface area contributed by atoms with Crippen molar-refractivity contribution in [2.45, 2.75) is 13.8 Å². The second-order valence-corrected chi connectivity index (χ2v) is 6.59. The molecule has 138 valence electrons. The van der Waals surface area contributed by atoms with Crippen LogP contribution in [0.25, 0.3) is 6.08 Å². The molecular formula is C20H17ClN2O4. The molecule has 1 aliphatic rings. The van der Waals surface area contributed by atoms with E-state index >= 15 is 0 Å². The van der Waals surface area contributed by atoms with E-state index in [2.05, 4.69) is 5.32 Å². The lowest BCUT2D eigenvalue weighted by Crippen LogP contribution is -2.54. The Balaban J connectivity index is 2.04. The fourth-order valence-corrected chi connectivity index (χ4v) is 2.94. The van der Waals surface area contributed by atoms with Gasteiger partial charge in [0.2, 0.25) is 0 Å². The summed E-state index contributed by atoms with van der Waals surface area (Å²) in [6.45, 7) is 3.81. The molecule has 0 unspecified atom stereocenters. The van der Waals surface area contributed by atoms with Crippen LogP contribution in [0, 0.1) is 13.8 Å². The lowest BCUT2D eigenvalue weighted by molar-refractivity contribution is -0.122. The first kappa shape index (κ1) is 18.7. The van der Waals surface area contributed by atoms with E-state index in [1.807, 2.05) is 19.9 Å². The molecule has 0 saturated carbocycles. The molecule has 7 heteroatoms. The van der Waals surface area contributed by atoms with Crippen molar-refractivity contribution < 1.29 is 19.1 Å². The molecule has 2 aromatic rings. The van der Waals surface area contributed by atoms with Crippen LogP contribution in [0.2, 0.25) is 5.02 Å². The molecule has 0 bridgehead atoms. The molecule has 4 amide bonds. The number of benzene rings is 2. The zero-order chi connectivity index (χ0) is 19.7. The number of carbonyl (C=O) groups excluding carboxylic acids is 3. The third-order valence-corrected chi connectivity index (χ3v) is 4.51. The molecule has 0 spiro atoms. The molecule has 0 radical (unpaired) electrons. The van der Waals surface area contributed by atoms with Crippen molar-refractivity contribution in [1.82, 2.24) is 5.32 Å². The highest BCUT2D eigenvalue weighted by atomic mass is 35.5. The fourth-order valence-electron chi connectivity index (χ4n) is 2.71. The minimum absolute atomic E-state index is 0.169. The first-order chi connectivity index (χ1) is 12.8. The van der Waals surface area contributed by atoms with Gasteiger partial charge in [0.15, 0.2) is 0 Å². The van der Waals surface area contributed by atoms with Gasteiger partial charge in [-0.15, -0.1) is 0 Å². The maximum Gasteiger partial charge on any atom is 0.335 e. The number of hydrogen-bond acceptors (Lipinski definition) is 4. The number of carbonyl (C=O) groups is 3. The average molecular weight is 385 g/mol. The number of anilines is 1. The lowest BCUT2D eigenvalue weighted by Gasteiger charge is -2.26. The molecule has 1 N–H and O–H groups in total. The normalized spacial score (nSPS) is 15.9. The number of aryl methyl sites for hydroxylation is 2. The number of rotatable bonds is 3. The Hall–Kier alpha value is -3.12. The topological polar surface area (TPSA) is 75.7 Å². The first-order valence-electron chi connectivity index (χ1n) is 8.13. The van der Waals surface area contributed by atoms with Crippen molar-refractivity contribution in [3.8, 4) is 5.75 Å². The second-order valence-electron chi connectivity index (χ2n) is 6.15. The van der Waals surface area contributed by atoms with Gasteiger partial charge >= 0.3 is 6.03 Å². The highest BCUT2D eigenvalue weighted by molar-refractivity contribution is 6.39. The van der Waals surface area contributed by atoms with E-state index < -0.39 is 17.8 Å². The van der Waals surface area contributed by atoms with Crippen molar-refractivity contribution in [1.29, 1.82) is 0 Å². The summed E-state index contributed by atoms with van der Waals surface area (Å²) in [4.78, 5) is 38.4. The van der Waals surface area contributed by atoms with Crippen LogP contribution in [0.3, 0.4) is 0 Å². The summed E-state index contributed by atoms with van der Waals surface area (Å²) < 4.78 is 5.15. The zero-order valence-electron chi connectivity index (χ0n) is 15.0. The number of methoxy groups -OCH3 is 1. The molecule has 1 fully saturated rings. The van der Waals surface area contributed by atoms with Crippen molar-refractivity contribution in [3.05, 3.63) is 63.7 Å². The quantitative estimate of drug-likeness (QED) is 0.647. The van der Waals surface area contributed by atoms with Crippen molar-refractivity contribution in [2.24, 2.45) is 0 Å². The minimum atomic E-state index is -0.783. The van der Waals surface area contributed by atoms with Gasteiger partial charge in [-0.05, 0) is 66.9 Å². The van der Waals surface area contributed by atoms with E-state index in [9.17, 15) is 14.4 Å². The summed E-state index contributed by atoms with van der Waals surface area (Å²) in [6, 6.07) is 9.25. The van der Waals surface area contributed by atoms with Gasteiger partial charge in [-0.3, -0.25) is 14.9 Å². The third kappa shape index (κ3) is 3.71. The fraction of sp³-hybridized carbons (Fsp3) is 0.150. The molecule has 27 heavy (non-hydrogen) atoms. The van der Waals surface area contributed by atoms with E-state index in [0.717, 1.165) is 16.0 Å². The molecular weight excluding hydrogens is 368 g/mol. The van der Waals surface area contributed by atoms with Gasteiger partial charge < -0.3 is 4.74 Å². The molecule has 0 atom stereocenters. The summed E-state index contributed by atoms with van der Waals surface area (Å²) in [5, 5.41) is 2.60. The van der Waals surface area contributed by atoms with Gasteiger partial charge in [0.05, 0.1) is 12.8 Å². The Bertz CT molecular complexity index is 997. The van der Waals surface area contributed by atoms with E-state index in [-0.39, 0.29) is 5.57 Å². The molecule has 2 aromatic carbocycles. The van der Waals surface area contributed by atoms with Crippen LogP contribution < -0.4 is 15.0 Å². The summed E-state index contributed by atoms with van der Waals surface area (Å²) in [7, 11) is 1.49. The molecule has 1 saturated heterocycles. The Labute approximate surface area is 161 Å². The summed E-state index contributed by atoms with van der Waals surface area (Å²) in [5.74, 6) is -0.977. The highest BCUT2D eigenvalue weighted by Gasteiger charge is 2.36. The number of imide groups is 2. The molecule has 3 rings (SSSR count). The molecule has 0 aliphatic carbocycles. The number of amides is 4. The van der Waals surface area contributed by atoms with Crippen molar-refractivity contribution in [3.63, 3.8) is 0 Å². The number of barbiturate groups is 1. The van der Waals surface area contributed by atoms with Crippen LogP contribution in [0.15, 0.2) is 42.0 Å². The van der Waals surface area contributed by atoms with Gasteiger partial charge in [-0.2, -0.15) is 0 Å². The first-order valence-corrected chi connectivity index (χ1v) is 8.51. The third-order valence-electron chi connectivity index (χ3n) is 4.29. The summed E-state index contributed by atoms with van der Waals surface area (Å²) >= 11 is 6.04. The van der Waals surface area contributed by atoms with Gasteiger partial charge in [0.25, 0.3) is 11.8 Å². The zero-order valence-corrected chi connectivity index (χ0v) is 15.8. The van der Waals surface area contributed by atoms with E-state index in [1.165, 1.54) is 13.2 Å². The van der Waals surface area contributed by atoms with Crippen molar-refractivity contribution in [2.75, 3.05) is 12.0 Å². The molecule has 6 nitrogen and oxygen atoms in total. The van der Waals surface area contributed by atoms with Gasteiger partial charge in [-0.25, -0.2) is 9.69 Å². The van der Waals surface area contributed by atoms with Crippen LogP contribution >= 0.6 is 11.6 Å². The Kier molecular flexibility index (Phi) is 5.01. The maximum absolute atomic E-state index is 12.9. The summed E-state index contributed by atoms with van der Waals surface area (Å²) in [5.41, 5.74) is 2.68. The lowest BCUT2D eigenvalue weighted by atomic mass is 10.0. The summed E-state index contributed by atoms with van der Waals surface area (Å²) in [6.07, 6.45) is 1.38. The van der Waals surface area contributed by atoms with Gasteiger partial charge in [0.1, 0.15) is 11.3 Å². The Morgan fingerprint density at radius 1 is 1.04 bits per heavy atom. The largest absolute Gasteiger partial charge is 0.497 e. The monoisotopic (exact) mass is 384 g/mol. The van der Waals surface area contributed by atoms with Crippen LogP contribution in [0.5, 0.6) is 5.75 Å². The number of nitrogens with zero attached hydrogens (tertiary/aromatic N) is 1. The Morgan fingerprint density at radius 3 is 2.44 bits per heavy atom. The predicted molar refractivity (Wildman–Crippen MR) is 103 cm³/mol. The van der Waals surface area contributed by atoms with Crippen LogP contribution in [0.4, 0.5) is 10.5 Å². The number of hydrogen-bond donors (Lipinski definition) is 1. The number of halogens is 1. The maximum atomic E-state index is 12.9. The molecule has 0 aromatic heterocycles. The van der Waals surface area contributed by atoms with Gasteiger partial charge in [-0.1, -0.05) is 17.7 Å². The van der Waals surface area contributed by atoms with Gasteiger partial charge in [0, 0.05) is 5.02 Å². The highest BCUT2D eigenvalue weighted by Crippen LogP contribution is 2.26. The van der Waals surface area contributed by atoms with E-state index in [1.54, 1.807) is 30.3 Å². The van der Waals surface area contributed by atoms with E-state index in [0.29, 0.717) is 22.0 Å². The van der Waals surface area contributed by atoms with E-state index in [4.69, 9.17) is 16.3 Å². The smallest absolute Gasteiger partial charge is 0.335 e. The molecule has 1 aliphatic heterocycles. The van der Waals surface area contributed by atoms with Crippen LogP contribution in [0.1, 0.15) is 16.7 Å². The van der Waals surface area contributed by atoms with Crippen LogP contribution in [-0.2, 0) is 9.59 Å². The number of urea groups is 1. The SMILES string of the molecule is COc1cc(Cl)cc(/C=C2\C(=O)NC(=O)N(c3ccc(C)c(C)c3)C2=O)c1. The number of ether oxygens (including phenoxy) is 1. The van der Waals surface area contributed by atoms with Crippen molar-refractivity contribution >= 4 is 41.2 Å². The Morgan fingerprint density at radius 2 is 1.78 bits per heavy atom. The standard InChI is InChI=1S/C20H17ClN2O4/c1-11-4-5-15(6-12(11)2)23-19(25)17(18(24)22-20(23)26)9-13-7-14(21)10-16(8-13)27-3/h4-10H,1-3H3,(H,22,24,26)/b17-9+. The second kappa shape index (κ2) is 7.25. The average Bonchev–Trinajstić information content (AvgIpc) is 2.61.